The van der Waals surface area contributed by atoms with Crippen LogP contribution in [0.1, 0.15) is 6.04 Å². The SMILES string of the molecule is O=S1(=O)C=CC(n2c(=S)[nH]c3cccnc32)C1. The Labute approximate surface area is 103 Å². The van der Waals surface area contributed by atoms with Gasteiger partial charge in [-0.2, -0.15) is 0 Å². The smallest absolute Gasteiger partial charge is 0.179 e. The third kappa shape index (κ3) is 1.71. The molecule has 3 heterocycles. The van der Waals surface area contributed by atoms with E-state index in [2.05, 4.69) is 9.97 Å². The first kappa shape index (κ1) is 10.7. The second-order valence-electron chi connectivity index (χ2n) is 3.90. The van der Waals surface area contributed by atoms with E-state index in [-0.39, 0.29) is 11.8 Å². The van der Waals surface area contributed by atoms with Crippen molar-refractivity contribution in [2.75, 3.05) is 5.75 Å². The van der Waals surface area contributed by atoms with E-state index in [4.69, 9.17) is 12.2 Å². The van der Waals surface area contributed by atoms with E-state index >= 15 is 0 Å². The number of aromatic amines is 1. The van der Waals surface area contributed by atoms with Gasteiger partial charge in [-0.05, 0) is 30.4 Å². The van der Waals surface area contributed by atoms with Gasteiger partial charge in [-0.15, -0.1) is 0 Å². The molecule has 1 aliphatic rings. The standard InChI is InChI=1S/C10H9N3O2S2/c14-17(15)5-3-7(6-17)13-9-8(12-10(13)16)2-1-4-11-9/h1-5,7H,6H2,(H,12,16). The summed E-state index contributed by atoms with van der Waals surface area (Å²) in [6.07, 6.45) is 3.31. The highest BCUT2D eigenvalue weighted by Crippen LogP contribution is 2.24. The first-order valence-electron chi connectivity index (χ1n) is 5.03. The van der Waals surface area contributed by atoms with Crippen LogP contribution in [0.3, 0.4) is 0 Å². The van der Waals surface area contributed by atoms with E-state index in [0.29, 0.717) is 10.4 Å². The molecule has 17 heavy (non-hydrogen) atoms. The Hall–Kier alpha value is -1.47. The van der Waals surface area contributed by atoms with Crippen LogP contribution in [0.25, 0.3) is 11.2 Å². The molecular weight excluding hydrogens is 258 g/mol. The first-order chi connectivity index (χ1) is 8.07. The lowest BCUT2D eigenvalue weighted by Crippen LogP contribution is -2.12. The Bertz CT molecular complexity index is 770. The number of fused-ring (bicyclic) bond motifs is 1. The zero-order valence-electron chi connectivity index (χ0n) is 8.70. The number of hydrogen-bond donors (Lipinski definition) is 1. The summed E-state index contributed by atoms with van der Waals surface area (Å²) < 4.78 is 25.1. The number of aromatic nitrogens is 3. The second kappa shape index (κ2) is 3.51. The summed E-state index contributed by atoms with van der Waals surface area (Å²) in [7, 11) is -3.10. The molecule has 5 nitrogen and oxygen atoms in total. The zero-order chi connectivity index (χ0) is 12.0. The molecule has 0 saturated heterocycles. The first-order valence-corrected chi connectivity index (χ1v) is 7.15. The molecule has 88 valence electrons. The molecule has 0 fully saturated rings. The number of rotatable bonds is 1. The number of H-pyrrole nitrogens is 1. The van der Waals surface area contributed by atoms with E-state index in [0.717, 1.165) is 5.52 Å². The lowest BCUT2D eigenvalue weighted by molar-refractivity contribution is 0.593. The molecule has 7 heteroatoms. The number of nitrogens with one attached hydrogen (secondary N) is 1. The second-order valence-corrected chi connectivity index (χ2v) is 6.22. The molecule has 0 saturated carbocycles. The molecular formula is C10H9N3O2S2. The summed E-state index contributed by atoms with van der Waals surface area (Å²) in [5, 5.41) is 1.24. The predicted octanol–water partition coefficient (Wildman–Crippen LogP) is 1.58. The maximum absolute atomic E-state index is 11.4. The van der Waals surface area contributed by atoms with E-state index in [1.54, 1.807) is 22.9 Å². The van der Waals surface area contributed by atoms with Crippen molar-refractivity contribution < 1.29 is 8.42 Å². The van der Waals surface area contributed by atoms with Gasteiger partial charge in [-0.1, -0.05) is 0 Å². The quantitative estimate of drug-likeness (QED) is 0.796. The monoisotopic (exact) mass is 267 g/mol. The Morgan fingerprint density at radius 2 is 2.35 bits per heavy atom. The molecule has 0 spiro atoms. The van der Waals surface area contributed by atoms with Gasteiger partial charge in [0, 0.05) is 11.6 Å². The Kier molecular flexibility index (Phi) is 2.20. The highest BCUT2D eigenvalue weighted by atomic mass is 32.2. The van der Waals surface area contributed by atoms with Crippen molar-refractivity contribution in [2.24, 2.45) is 0 Å². The van der Waals surface area contributed by atoms with Crippen LogP contribution in [0.5, 0.6) is 0 Å². The Morgan fingerprint density at radius 3 is 3.06 bits per heavy atom. The minimum absolute atomic E-state index is 0.0465. The maximum Gasteiger partial charge on any atom is 0.179 e. The van der Waals surface area contributed by atoms with Gasteiger partial charge in [0.05, 0.1) is 17.3 Å². The van der Waals surface area contributed by atoms with Gasteiger partial charge in [0.1, 0.15) is 0 Å². The molecule has 1 aliphatic heterocycles. The third-order valence-corrected chi connectivity index (χ3v) is 4.39. The summed E-state index contributed by atoms with van der Waals surface area (Å²) in [6.45, 7) is 0. The molecule has 0 aliphatic carbocycles. The van der Waals surface area contributed by atoms with Crippen molar-refractivity contribution in [3.63, 3.8) is 0 Å². The molecule has 1 N–H and O–H groups in total. The summed E-state index contributed by atoms with van der Waals surface area (Å²) in [5.41, 5.74) is 1.50. The number of imidazole rings is 1. The highest BCUT2D eigenvalue weighted by molar-refractivity contribution is 7.94. The van der Waals surface area contributed by atoms with Crippen LogP contribution in [0, 0.1) is 4.77 Å². The van der Waals surface area contributed by atoms with Gasteiger partial charge in [0.2, 0.25) is 0 Å². The topological polar surface area (TPSA) is 67.8 Å². The van der Waals surface area contributed by atoms with Crippen LogP contribution in [-0.2, 0) is 9.84 Å². The third-order valence-electron chi connectivity index (χ3n) is 2.72. The lowest BCUT2D eigenvalue weighted by atomic mass is 10.3. The molecule has 1 atom stereocenters. The maximum atomic E-state index is 11.4. The van der Waals surface area contributed by atoms with Crippen molar-refractivity contribution >= 4 is 33.2 Å². The fraction of sp³-hybridized carbons (Fsp3) is 0.200. The van der Waals surface area contributed by atoms with Crippen LogP contribution in [0.15, 0.2) is 29.8 Å². The molecule has 2 aromatic rings. The highest BCUT2D eigenvalue weighted by Gasteiger charge is 2.25. The lowest BCUT2D eigenvalue weighted by Gasteiger charge is -2.08. The molecule has 0 radical (unpaired) electrons. The van der Waals surface area contributed by atoms with Gasteiger partial charge >= 0.3 is 0 Å². The van der Waals surface area contributed by atoms with Crippen molar-refractivity contribution in [2.45, 2.75) is 6.04 Å². The van der Waals surface area contributed by atoms with Crippen LogP contribution >= 0.6 is 12.2 Å². The summed E-state index contributed by atoms with van der Waals surface area (Å²) >= 11 is 5.20. The fourth-order valence-electron chi connectivity index (χ4n) is 1.99. The van der Waals surface area contributed by atoms with Crippen molar-refractivity contribution in [3.8, 4) is 0 Å². The van der Waals surface area contributed by atoms with Crippen LogP contribution in [-0.4, -0.2) is 28.7 Å². The predicted molar refractivity (Wildman–Crippen MR) is 66.9 cm³/mol. The van der Waals surface area contributed by atoms with Gasteiger partial charge < -0.3 is 4.98 Å². The Morgan fingerprint density at radius 1 is 1.53 bits per heavy atom. The van der Waals surface area contributed by atoms with Crippen molar-refractivity contribution in [3.05, 3.63) is 34.6 Å². The molecule has 2 aromatic heterocycles. The molecule has 3 rings (SSSR count). The van der Waals surface area contributed by atoms with E-state index in [1.165, 1.54) is 5.41 Å². The number of hydrogen-bond acceptors (Lipinski definition) is 4. The minimum atomic E-state index is -3.10. The fourth-order valence-corrected chi connectivity index (χ4v) is 3.59. The largest absolute Gasteiger partial charge is 0.329 e. The minimum Gasteiger partial charge on any atom is -0.329 e. The zero-order valence-corrected chi connectivity index (χ0v) is 10.3. The molecule has 1 unspecified atom stereocenters. The molecule has 0 amide bonds. The molecule has 0 aromatic carbocycles. The Balaban J connectivity index is 2.22. The van der Waals surface area contributed by atoms with E-state index in [1.807, 2.05) is 6.07 Å². The van der Waals surface area contributed by atoms with Crippen molar-refractivity contribution in [1.82, 2.24) is 14.5 Å². The van der Waals surface area contributed by atoms with Gasteiger partial charge in [-0.3, -0.25) is 4.57 Å². The summed E-state index contributed by atoms with van der Waals surface area (Å²) in [5.74, 6) is 0.0465. The normalized spacial score (nSPS) is 22.2. The van der Waals surface area contributed by atoms with Gasteiger partial charge in [0.25, 0.3) is 0 Å². The number of allylic oxidation sites excluding steroid dienone is 1. The summed E-state index contributed by atoms with van der Waals surface area (Å²) in [4.78, 5) is 7.25. The van der Waals surface area contributed by atoms with Gasteiger partial charge in [-0.25, -0.2) is 13.4 Å². The van der Waals surface area contributed by atoms with E-state index in [9.17, 15) is 8.42 Å². The number of pyridine rings is 1. The summed E-state index contributed by atoms with van der Waals surface area (Å²) in [6, 6.07) is 3.40. The van der Waals surface area contributed by atoms with Crippen LogP contribution in [0.2, 0.25) is 0 Å². The molecule has 0 bridgehead atoms. The average molecular weight is 267 g/mol. The van der Waals surface area contributed by atoms with Crippen molar-refractivity contribution in [1.29, 1.82) is 0 Å². The van der Waals surface area contributed by atoms with Gasteiger partial charge in [0.15, 0.2) is 20.3 Å². The van der Waals surface area contributed by atoms with Crippen LogP contribution in [0.4, 0.5) is 0 Å². The average Bonchev–Trinajstić information content (AvgIpc) is 2.77. The van der Waals surface area contributed by atoms with Crippen LogP contribution < -0.4 is 0 Å². The number of sulfone groups is 1. The number of nitrogens with zero attached hydrogens (tertiary/aromatic N) is 2. The van der Waals surface area contributed by atoms with E-state index < -0.39 is 9.84 Å².